The molecule has 69 heavy (non-hydrogen) atoms. The van der Waals surface area contributed by atoms with E-state index in [1.54, 1.807) is 6.07 Å². The number of aryl methyl sites for hydroxylation is 2. The van der Waals surface area contributed by atoms with E-state index in [1.807, 2.05) is 60.0 Å². The number of nitrogens with one attached hydrogen (secondary N) is 2. The summed E-state index contributed by atoms with van der Waals surface area (Å²) in [5.41, 5.74) is 17.9. The number of piperidine rings is 2. The monoisotopic (exact) mass is 914 g/mol. The molecule has 4 aromatic carbocycles. The Labute approximate surface area is 403 Å². The number of fused-ring (bicyclic) bond motifs is 6. The molecule has 0 saturated carbocycles. The van der Waals surface area contributed by atoms with Gasteiger partial charge in [0.05, 0.1) is 34.1 Å². The van der Waals surface area contributed by atoms with Crippen LogP contribution in [0.2, 0.25) is 0 Å². The number of benzene rings is 4. The van der Waals surface area contributed by atoms with E-state index in [2.05, 4.69) is 92.6 Å². The topological polar surface area (TPSA) is 159 Å². The average Bonchev–Trinajstić information content (AvgIpc) is 3.91. The second-order valence-electron chi connectivity index (χ2n) is 19.1. The van der Waals surface area contributed by atoms with Crippen LogP contribution in [0.3, 0.4) is 0 Å². The summed E-state index contributed by atoms with van der Waals surface area (Å²) in [6.07, 6.45) is 9.47. The highest BCUT2D eigenvalue weighted by Gasteiger charge is 2.34. The van der Waals surface area contributed by atoms with Crippen molar-refractivity contribution in [3.05, 3.63) is 165 Å². The lowest BCUT2D eigenvalue weighted by atomic mass is 9.91. The second-order valence-corrected chi connectivity index (χ2v) is 19.1. The van der Waals surface area contributed by atoms with Gasteiger partial charge < -0.3 is 16.4 Å². The first kappa shape index (κ1) is 44.1. The number of hydrogen-bond donors (Lipinski definition) is 3. The summed E-state index contributed by atoms with van der Waals surface area (Å²) < 4.78 is 4.14. The standard InChI is InChI=1S/C28H30N6O.C28H28N6/c1-18-14-22-21(26(29)35)11-7-12-25(22)34(18)28-31-24-15-20-10-5-6-13-33(20)17-23(24)27(32-28)30-16-19-8-3-2-4-9-19;1-19-14-23-21(16-29)10-7-12-26(23)34(19)28-31-25-15-22-11-5-6-13-33(22)18-24(25)27(32-28)30-17-20-8-3-2-4-9-20/h2-4,7-9,11-12,14,20H,5-6,10,13,15-17H2,1H3,(H2,29,35)(H,30,31,32);2-4,7-10,12,14,22H,5-6,11,13,15,17-18H2,1H3,(H,30,31,32). The number of nitrogens with zero attached hydrogens (tertiary/aromatic N) is 9. The third kappa shape index (κ3) is 8.71. The highest BCUT2D eigenvalue weighted by molar-refractivity contribution is 6.06. The van der Waals surface area contributed by atoms with E-state index in [4.69, 9.17) is 25.7 Å². The zero-order valence-electron chi connectivity index (χ0n) is 39.5. The lowest BCUT2D eigenvalue weighted by Gasteiger charge is -2.40. The number of nitrogens with two attached hydrogens (primary N) is 1. The third-order valence-electron chi connectivity index (χ3n) is 14.7. The summed E-state index contributed by atoms with van der Waals surface area (Å²) in [6.45, 7) is 9.58. The van der Waals surface area contributed by atoms with Gasteiger partial charge in [-0.3, -0.25) is 23.7 Å². The van der Waals surface area contributed by atoms with Crippen molar-refractivity contribution in [2.24, 2.45) is 5.73 Å². The largest absolute Gasteiger partial charge is 0.366 e. The molecule has 2 saturated heterocycles. The van der Waals surface area contributed by atoms with Crippen molar-refractivity contribution in [2.75, 3.05) is 23.7 Å². The molecule has 4 aliphatic heterocycles. The molecule has 8 aromatic rings. The molecule has 8 heterocycles. The van der Waals surface area contributed by atoms with E-state index < -0.39 is 5.91 Å². The van der Waals surface area contributed by atoms with Gasteiger partial charge >= 0.3 is 0 Å². The number of primary amides is 1. The van der Waals surface area contributed by atoms with Crippen LogP contribution in [0.15, 0.2) is 109 Å². The number of aromatic nitrogens is 6. The number of hydrogen-bond acceptors (Lipinski definition) is 10. The fourth-order valence-corrected chi connectivity index (χ4v) is 11.2. The van der Waals surface area contributed by atoms with Crippen LogP contribution in [0, 0.1) is 25.2 Å². The van der Waals surface area contributed by atoms with Gasteiger partial charge in [-0.15, -0.1) is 0 Å². The highest BCUT2D eigenvalue weighted by Crippen LogP contribution is 2.36. The number of amides is 1. The van der Waals surface area contributed by atoms with E-state index in [-0.39, 0.29) is 0 Å². The first-order valence-corrected chi connectivity index (χ1v) is 24.6. The number of nitriles is 1. The normalized spacial score (nSPS) is 17.7. The van der Waals surface area contributed by atoms with Gasteiger partial charge in [-0.05, 0) is 100 Å². The molecule has 2 unspecified atom stereocenters. The maximum atomic E-state index is 12.0. The smallest absolute Gasteiger partial charge is 0.249 e. The van der Waals surface area contributed by atoms with Crippen LogP contribution in [-0.4, -0.2) is 70.0 Å². The van der Waals surface area contributed by atoms with E-state index in [0.717, 1.165) is 102 Å². The minimum atomic E-state index is -0.429. The summed E-state index contributed by atoms with van der Waals surface area (Å²) in [5.74, 6) is 2.70. The van der Waals surface area contributed by atoms with Gasteiger partial charge in [0.15, 0.2) is 0 Å². The molecule has 0 spiro atoms. The maximum absolute atomic E-state index is 12.0. The second kappa shape index (κ2) is 18.9. The number of carbonyl (C=O) groups excluding carboxylic acids is 1. The van der Waals surface area contributed by atoms with Crippen LogP contribution in [-0.2, 0) is 39.0 Å². The highest BCUT2D eigenvalue weighted by atomic mass is 16.1. The zero-order valence-corrected chi connectivity index (χ0v) is 39.5. The summed E-state index contributed by atoms with van der Waals surface area (Å²) in [5, 5.41) is 18.6. The van der Waals surface area contributed by atoms with Crippen LogP contribution in [0.5, 0.6) is 0 Å². The van der Waals surface area contributed by atoms with Crippen LogP contribution in [0.4, 0.5) is 11.6 Å². The van der Waals surface area contributed by atoms with Crippen molar-refractivity contribution in [2.45, 2.75) is 103 Å². The summed E-state index contributed by atoms with van der Waals surface area (Å²) in [4.78, 5) is 37.6. The van der Waals surface area contributed by atoms with Crippen molar-refractivity contribution >= 4 is 39.3 Å². The SMILES string of the molecule is Cc1cc2c(C#N)cccc2n1-c1nc2c(c(NCc3ccccc3)n1)CN1CCCCC1C2.Cc1cc2c(C(N)=O)cccc2n1-c1nc2c(c(NCc3ccccc3)n1)CN1CCCCC1C2. The summed E-state index contributed by atoms with van der Waals surface area (Å²) >= 11 is 0. The quantitative estimate of drug-likeness (QED) is 0.127. The molecule has 0 radical (unpaired) electrons. The lowest BCUT2D eigenvalue weighted by molar-refractivity contribution is 0.100. The molecule has 2 atom stereocenters. The van der Waals surface area contributed by atoms with Crippen LogP contribution in [0.1, 0.15) is 99.5 Å². The first-order chi connectivity index (χ1) is 33.8. The molecule has 12 rings (SSSR count). The molecular formula is C56H58N12O. The minimum Gasteiger partial charge on any atom is -0.366 e. The van der Waals surface area contributed by atoms with Crippen molar-refractivity contribution in [1.29, 1.82) is 5.26 Å². The number of rotatable bonds is 9. The molecule has 13 heteroatoms. The van der Waals surface area contributed by atoms with E-state index in [0.29, 0.717) is 41.7 Å². The van der Waals surface area contributed by atoms with Crippen LogP contribution in [0.25, 0.3) is 33.7 Å². The third-order valence-corrected chi connectivity index (χ3v) is 14.7. The molecule has 4 aliphatic rings. The van der Waals surface area contributed by atoms with Gasteiger partial charge in [-0.2, -0.15) is 15.2 Å². The minimum absolute atomic E-state index is 0.429. The van der Waals surface area contributed by atoms with Crippen molar-refractivity contribution in [1.82, 2.24) is 38.9 Å². The van der Waals surface area contributed by atoms with Crippen molar-refractivity contribution in [3.8, 4) is 18.0 Å². The predicted octanol–water partition coefficient (Wildman–Crippen LogP) is 9.47. The molecule has 0 bridgehead atoms. The number of anilines is 2. The summed E-state index contributed by atoms with van der Waals surface area (Å²) in [7, 11) is 0. The molecule has 1 amide bonds. The van der Waals surface area contributed by atoms with E-state index in [9.17, 15) is 10.1 Å². The lowest BCUT2D eigenvalue weighted by Crippen LogP contribution is -2.44. The van der Waals surface area contributed by atoms with Gasteiger partial charge in [0, 0.05) is 90.0 Å². The Morgan fingerprint density at radius 2 is 1.13 bits per heavy atom. The van der Waals surface area contributed by atoms with Crippen molar-refractivity contribution < 1.29 is 4.79 Å². The van der Waals surface area contributed by atoms with Gasteiger partial charge in [-0.25, -0.2) is 9.97 Å². The molecule has 13 nitrogen and oxygen atoms in total. The van der Waals surface area contributed by atoms with Gasteiger partial charge in [0.25, 0.3) is 0 Å². The maximum Gasteiger partial charge on any atom is 0.249 e. The fourth-order valence-electron chi connectivity index (χ4n) is 11.2. The van der Waals surface area contributed by atoms with Gasteiger partial charge in [-0.1, -0.05) is 85.6 Å². The Morgan fingerprint density at radius 3 is 1.64 bits per heavy atom. The molecule has 4 aromatic heterocycles. The predicted molar refractivity (Wildman–Crippen MR) is 271 cm³/mol. The van der Waals surface area contributed by atoms with E-state index in [1.165, 1.54) is 60.8 Å². The Bertz CT molecular complexity index is 3240. The fraction of sp³-hybridized carbons (Fsp3) is 0.321. The first-order valence-electron chi connectivity index (χ1n) is 24.6. The zero-order chi connectivity index (χ0) is 47.0. The Morgan fingerprint density at radius 1 is 0.638 bits per heavy atom. The van der Waals surface area contributed by atoms with Crippen LogP contribution < -0.4 is 16.4 Å². The Kier molecular flexibility index (Phi) is 12.1. The van der Waals surface area contributed by atoms with Crippen molar-refractivity contribution in [3.63, 3.8) is 0 Å². The molecule has 348 valence electrons. The van der Waals surface area contributed by atoms with Gasteiger partial charge in [0.1, 0.15) is 11.6 Å². The Hall–Kier alpha value is -7.40. The summed E-state index contributed by atoms with van der Waals surface area (Å²) in [6, 6.07) is 39.8. The molecule has 0 aliphatic carbocycles. The van der Waals surface area contributed by atoms with E-state index >= 15 is 0 Å². The van der Waals surface area contributed by atoms with Gasteiger partial charge in [0.2, 0.25) is 17.8 Å². The molecular weight excluding hydrogens is 857 g/mol. The number of carbonyl (C=O) groups is 1. The average molecular weight is 915 g/mol. The molecule has 4 N–H and O–H groups in total. The Balaban J connectivity index is 0.000000151. The molecule has 2 fully saturated rings. The van der Waals surface area contributed by atoms with Crippen LogP contribution >= 0.6 is 0 Å².